The third-order valence-electron chi connectivity index (χ3n) is 3.02. The van der Waals surface area contributed by atoms with E-state index in [-0.39, 0.29) is 0 Å². The number of hydrogen-bond acceptors (Lipinski definition) is 2. The monoisotopic (exact) mass is 278 g/mol. The van der Waals surface area contributed by atoms with Gasteiger partial charge in [-0.2, -0.15) is 0 Å². The van der Waals surface area contributed by atoms with Crippen LogP contribution in [0.15, 0.2) is 36.9 Å². The minimum atomic E-state index is -0.817. The molecule has 2 aromatic rings. The maximum absolute atomic E-state index is 11.1. The minimum absolute atomic E-state index is 0.437. The van der Waals surface area contributed by atoms with Gasteiger partial charge in [-0.3, -0.25) is 4.79 Å². The lowest BCUT2D eigenvalue weighted by atomic mass is 9.86. The lowest BCUT2D eigenvalue weighted by Crippen LogP contribution is -2.26. The molecule has 0 amide bonds. The first kappa shape index (κ1) is 13.6. The molecule has 0 saturated carbocycles. The topological polar surface area (TPSA) is 55.1 Å². The molecule has 2 rings (SSSR count). The summed E-state index contributed by atoms with van der Waals surface area (Å²) in [5.74, 6) is -0.817. The third kappa shape index (κ3) is 2.96. The Bertz CT molecular complexity index is 591. The lowest BCUT2D eigenvalue weighted by molar-refractivity contribution is -0.146. The number of benzene rings is 1. The maximum Gasteiger partial charge on any atom is 0.309 e. The SMILES string of the molecule is CC(C)(Cc1ccc(-n2ccnc2)c(Cl)c1)C(=O)O. The number of aliphatic carboxylic acids is 1. The maximum atomic E-state index is 11.1. The van der Waals surface area contributed by atoms with Crippen LogP contribution in [0.5, 0.6) is 0 Å². The van der Waals surface area contributed by atoms with Gasteiger partial charge < -0.3 is 9.67 Å². The fraction of sp³-hybridized carbons (Fsp3) is 0.286. The molecular formula is C14H15ClN2O2. The van der Waals surface area contributed by atoms with E-state index in [1.54, 1.807) is 26.4 Å². The Morgan fingerprint density at radius 2 is 2.21 bits per heavy atom. The Labute approximate surface area is 116 Å². The summed E-state index contributed by atoms with van der Waals surface area (Å²) in [5.41, 5.74) is 0.928. The van der Waals surface area contributed by atoms with Gasteiger partial charge in [0.15, 0.2) is 0 Å². The largest absolute Gasteiger partial charge is 0.481 e. The normalized spacial score (nSPS) is 11.5. The second kappa shape index (κ2) is 5.05. The van der Waals surface area contributed by atoms with Crippen LogP contribution in [0.2, 0.25) is 5.02 Å². The van der Waals surface area contributed by atoms with Crippen molar-refractivity contribution in [2.24, 2.45) is 5.41 Å². The van der Waals surface area contributed by atoms with Crippen LogP contribution in [0.3, 0.4) is 0 Å². The number of carboxylic acids is 1. The summed E-state index contributed by atoms with van der Waals surface area (Å²) in [7, 11) is 0. The molecule has 1 N–H and O–H groups in total. The van der Waals surface area contributed by atoms with Gasteiger partial charge in [0, 0.05) is 12.4 Å². The predicted octanol–water partition coefficient (Wildman–Crippen LogP) is 3.18. The molecule has 0 atom stereocenters. The van der Waals surface area contributed by atoms with Crippen molar-refractivity contribution in [1.29, 1.82) is 0 Å². The van der Waals surface area contributed by atoms with E-state index >= 15 is 0 Å². The smallest absolute Gasteiger partial charge is 0.309 e. The van der Waals surface area contributed by atoms with Crippen molar-refractivity contribution in [2.45, 2.75) is 20.3 Å². The van der Waals surface area contributed by atoms with E-state index < -0.39 is 11.4 Å². The number of imidazole rings is 1. The van der Waals surface area contributed by atoms with Crippen LogP contribution in [-0.4, -0.2) is 20.6 Å². The van der Waals surface area contributed by atoms with Gasteiger partial charge in [-0.25, -0.2) is 4.98 Å². The van der Waals surface area contributed by atoms with Gasteiger partial charge in [-0.15, -0.1) is 0 Å². The minimum Gasteiger partial charge on any atom is -0.481 e. The molecule has 0 saturated heterocycles. The zero-order valence-electron chi connectivity index (χ0n) is 10.8. The molecule has 19 heavy (non-hydrogen) atoms. The molecule has 100 valence electrons. The number of aromatic nitrogens is 2. The Hall–Kier alpha value is -1.81. The molecule has 0 bridgehead atoms. The number of nitrogens with zero attached hydrogens (tertiary/aromatic N) is 2. The fourth-order valence-corrected chi connectivity index (χ4v) is 2.16. The van der Waals surface area contributed by atoms with E-state index in [4.69, 9.17) is 16.7 Å². The standard InChI is InChI=1S/C14H15ClN2O2/c1-14(2,13(18)19)8-10-3-4-12(11(15)7-10)17-6-5-16-9-17/h3-7,9H,8H2,1-2H3,(H,18,19). The van der Waals surface area contributed by atoms with Crippen molar-refractivity contribution < 1.29 is 9.90 Å². The van der Waals surface area contributed by atoms with Gasteiger partial charge in [0.25, 0.3) is 0 Å². The molecule has 1 aromatic heterocycles. The third-order valence-corrected chi connectivity index (χ3v) is 3.32. The van der Waals surface area contributed by atoms with Crippen LogP contribution in [0.25, 0.3) is 5.69 Å². The fourth-order valence-electron chi connectivity index (χ4n) is 1.86. The average Bonchev–Trinajstić information content (AvgIpc) is 2.81. The van der Waals surface area contributed by atoms with Crippen molar-refractivity contribution in [2.75, 3.05) is 0 Å². The molecule has 0 unspecified atom stereocenters. The molecule has 0 aliphatic rings. The highest BCUT2D eigenvalue weighted by atomic mass is 35.5. The molecule has 0 aliphatic carbocycles. The van der Waals surface area contributed by atoms with E-state index in [1.807, 2.05) is 29.0 Å². The van der Waals surface area contributed by atoms with E-state index in [0.29, 0.717) is 11.4 Å². The van der Waals surface area contributed by atoms with Crippen molar-refractivity contribution in [3.8, 4) is 5.69 Å². The van der Waals surface area contributed by atoms with Gasteiger partial charge in [0.2, 0.25) is 0 Å². The summed E-state index contributed by atoms with van der Waals surface area (Å²) >= 11 is 6.23. The summed E-state index contributed by atoms with van der Waals surface area (Å²) in [6, 6.07) is 5.57. The number of halogens is 1. The average molecular weight is 279 g/mol. The first-order valence-electron chi connectivity index (χ1n) is 5.90. The highest BCUT2D eigenvalue weighted by molar-refractivity contribution is 6.32. The summed E-state index contributed by atoms with van der Waals surface area (Å²) in [5, 5.41) is 9.71. The Morgan fingerprint density at radius 1 is 1.47 bits per heavy atom. The molecule has 5 heteroatoms. The van der Waals surface area contributed by atoms with Crippen molar-refractivity contribution in [3.63, 3.8) is 0 Å². The Kier molecular flexibility index (Phi) is 3.62. The molecule has 0 aliphatic heterocycles. The summed E-state index contributed by atoms with van der Waals surface area (Å²) in [6.45, 7) is 3.40. The highest BCUT2D eigenvalue weighted by Gasteiger charge is 2.27. The van der Waals surface area contributed by atoms with E-state index in [9.17, 15) is 4.79 Å². The van der Waals surface area contributed by atoms with Crippen LogP contribution < -0.4 is 0 Å². The van der Waals surface area contributed by atoms with Crippen molar-refractivity contribution in [1.82, 2.24) is 9.55 Å². The molecule has 0 spiro atoms. The Balaban J connectivity index is 2.27. The Morgan fingerprint density at radius 3 is 2.74 bits per heavy atom. The first-order valence-corrected chi connectivity index (χ1v) is 6.28. The molecule has 0 fully saturated rings. The second-order valence-corrected chi connectivity index (χ2v) is 5.53. The van der Waals surface area contributed by atoms with Gasteiger partial charge in [0.05, 0.1) is 22.5 Å². The summed E-state index contributed by atoms with van der Waals surface area (Å²) in [4.78, 5) is 15.1. The summed E-state index contributed by atoms with van der Waals surface area (Å²) in [6.07, 6.45) is 5.59. The van der Waals surface area contributed by atoms with Crippen molar-refractivity contribution in [3.05, 3.63) is 47.5 Å². The molecular weight excluding hydrogens is 264 g/mol. The number of hydrogen-bond donors (Lipinski definition) is 1. The second-order valence-electron chi connectivity index (χ2n) is 5.12. The van der Waals surface area contributed by atoms with Crippen LogP contribution in [-0.2, 0) is 11.2 Å². The van der Waals surface area contributed by atoms with Gasteiger partial charge >= 0.3 is 5.97 Å². The quantitative estimate of drug-likeness (QED) is 0.934. The summed E-state index contributed by atoms with van der Waals surface area (Å²) < 4.78 is 1.81. The van der Waals surface area contributed by atoms with Crippen LogP contribution >= 0.6 is 11.6 Å². The van der Waals surface area contributed by atoms with Crippen LogP contribution in [0, 0.1) is 5.41 Å². The zero-order chi connectivity index (χ0) is 14.0. The van der Waals surface area contributed by atoms with Gasteiger partial charge in [-0.1, -0.05) is 17.7 Å². The number of carbonyl (C=O) groups is 1. The van der Waals surface area contributed by atoms with E-state index in [1.165, 1.54) is 0 Å². The molecule has 1 heterocycles. The first-order chi connectivity index (χ1) is 8.90. The lowest BCUT2D eigenvalue weighted by Gasteiger charge is -2.19. The highest BCUT2D eigenvalue weighted by Crippen LogP contribution is 2.27. The van der Waals surface area contributed by atoms with Gasteiger partial charge in [0.1, 0.15) is 0 Å². The molecule has 4 nitrogen and oxygen atoms in total. The molecule has 0 radical (unpaired) electrons. The van der Waals surface area contributed by atoms with E-state index in [2.05, 4.69) is 4.98 Å². The molecule has 1 aromatic carbocycles. The number of rotatable bonds is 4. The van der Waals surface area contributed by atoms with Gasteiger partial charge in [-0.05, 0) is 38.0 Å². The predicted molar refractivity (Wildman–Crippen MR) is 73.7 cm³/mol. The van der Waals surface area contributed by atoms with E-state index in [0.717, 1.165) is 11.3 Å². The number of carboxylic acid groups (broad SMARTS) is 1. The van der Waals surface area contributed by atoms with Crippen molar-refractivity contribution >= 4 is 17.6 Å². The zero-order valence-corrected chi connectivity index (χ0v) is 11.6. The van der Waals surface area contributed by atoms with Crippen LogP contribution in [0.1, 0.15) is 19.4 Å². The van der Waals surface area contributed by atoms with Crippen LogP contribution in [0.4, 0.5) is 0 Å².